The molecule has 2 saturated heterocycles. The first kappa shape index (κ1) is 17.7. The number of hydrogen-bond acceptors (Lipinski definition) is 3. The molecule has 0 atom stereocenters. The number of nitrogens with zero attached hydrogens (tertiary/aromatic N) is 1. The van der Waals surface area contributed by atoms with Gasteiger partial charge in [-0.15, -0.1) is 12.4 Å². The first-order chi connectivity index (χ1) is 8.97. The molecule has 2 N–H and O–H groups in total. The standard InChI is InChI=1S/C15H29N3O.ClH/c1-15(2,3)18-10-6-13(7-11-18)17-14(19)12-4-8-16-9-5-12;/h12-13,16H,4-11H2,1-3H3,(H,17,19);1H. The largest absolute Gasteiger partial charge is 0.353 e. The molecular weight excluding hydrogens is 274 g/mol. The van der Waals surface area contributed by atoms with Crippen molar-refractivity contribution in [3.8, 4) is 0 Å². The number of likely N-dealkylation sites (tertiary alicyclic amines) is 1. The molecule has 5 heteroatoms. The third kappa shape index (κ3) is 4.90. The maximum atomic E-state index is 12.2. The number of amides is 1. The third-order valence-corrected chi connectivity index (χ3v) is 4.50. The highest BCUT2D eigenvalue weighted by molar-refractivity contribution is 5.85. The van der Waals surface area contributed by atoms with Crippen molar-refractivity contribution < 1.29 is 4.79 Å². The normalized spacial score (nSPS) is 23.1. The van der Waals surface area contributed by atoms with E-state index in [1.54, 1.807) is 0 Å². The monoisotopic (exact) mass is 303 g/mol. The van der Waals surface area contributed by atoms with Crippen LogP contribution in [0.3, 0.4) is 0 Å². The Balaban J connectivity index is 0.00000200. The molecule has 0 aromatic heterocycles. The van der Waals surface area contributed by atoms with Crippen molar-refractivity contribution in [1.82, 2.24) is 15.5 Å². The topological polar surface area (TPSA) is 44.4 Å². The van der Waals surface area contributed by atoms with Gasteiger partial charge in [0.15, 0.2) is 0 Å². The Hall–Kier alpha value is -0.320. The van der Waals surface area contributed by atoms with Crippen molar-refractivity contribution >= 4 is 18.3 Å². The molecule has 20 heavy (non-hydrogen) atoms. The molecule has 4 nitrogen and oxygen atoms in total. The Bertz CT molecular complexity index is 303. The van der Waals surface area contributed by atoms with E-state index in [1.807, 2.05) is 0 Å². The van der Waals surface area contributed by atoms with E-state index in [1.165, 1.54) is 0 Å². The predicted octanol–water partition coefficient (Wildman–Crippen LogP) is 1.79. The highest BCUT2D eigenvalue weighted by Gasteiger charge is 2.29. The van der Waals surface area contributed by atoms with Crippen molar-refractivity contribution in [1.29, 1.82) is 0 Å². The highest BCUT2D eigenvalue weighted by atomic mass is 35.5. The molecule has 2 heterocycles. The molecule has 2 fully saturated rings. The number of nitrogens with one attached hydrogen (secondary N) is 2. The minimum Gasteiger partial charge on any atom is -0.353 e. The van der Waals surface area contributed by atoms with Crippen LogP contribution in [-0.2, 0) is 4.79 Å². The molecule has 2 aliphatic heterocycles. The average Bonchev–Trinajstić information content (AvgIpc) is 2.39. The van der Waals surface area contributed by atoms with Gasteiger partial charge in [-0.2, -0.15) is 0 Å². The molecule has 0 spiro atoms. The van der Waals surface area contributed by atoms with Gasteiger partial charge in [0.25, 0.3) is 0 Å². The van der Waals surface area contributed by atoms with Crippen LogP contribution in [-0.4, -0.2) is 48.6 Å². The molecule has 0 unspecified atom stereocenters. The zero-order valence-corrected chi connectivity index (χ0v) is 13.9. The highest BCUT2D eigenvalue weighted by Crippen LogP contribution is 2.21. The Labute approximate surface area is 129 Å². The van der Waals surface area contributed by atoms with E-state index in [4.69, 9.17) is 0 Å². The number of carbonyl (C=O) groups is 1. The van der Waals surface area contributed by atoms with Gasteiger partial charge in [0.05, 0.1) is 0 Å². The van der Waals surface area contributed by atoms with Crippen molar-refractivity contribution in [2.45, 2.75) is 58.0 Å². The molecule has 0 radical (unpaired) electrons. The van der Waals surface area contributed by atoms with Crippen LogP contribution in [0.1, 0.15) is 46.5 Å². The fourth-order valence-electron chi connectivity index (χ4n) is 3.10. The first-order valence-corrected chi connectivity index (χ1v) is 7.73. The zero-order valence-electron chi connectivity index (χ0n) is 13.1. The minimum atomic E-state index is 0. The predicted molar refractivity (Wildman–Crippen MR) is 85.3 cm³/mol. The van der Waals surface area contributed by atoms with Crippen LogP contribution in [0.25, 0.3) is 0 Å². The number of hydrogen-bond donors (Lipinski definition) is 2. The lowest BCUT2D eigenvalue weighted by molar-refractivity contribution is -0.126. The Kier molecular flexibility index (Phi) is 6.76. The summed E-state index contributed by atoms with van der Waals surface area (Å²) in [5, 5.41) is 6.58. The summed E-state index contributed by atoms with van der Waals surface area (Å²) in [4.78, 5) is 14.7. The number of halogens is 1. The molecule has 0 saturated carbocycles. The van der Waals surface area contributed by atoms with Gasteiger partial charge < -0.3 is 10.6 Å². The maximum absolute atomic E-state index is 12.2. The van der Waals surface area contributed by atoms with Gasteiger partial charge >= 0.3 is 0 Å². The van der Waals surface area contributed by atoms with Crippen LogP contribution in [0, 0.1) is 5.92 Å². The summed E-state index contributed by atoms with van der Waals surface area (Å²) in [6, 6.07) is 0.390. The SMILES string of the molecule is CC(C)(C)N1CCC(NC(=O)C2CCNCC2)CC1.Cl. The van der Waals surface area contributed by atoms with Gasteiger partial charge in [0.1, 0.15) is 0 Å². The molecule has 1 amide bonds. The summed E-state index contributed by atoms with van der Waals surface area (Å²) in [7, 11) is 0. The summed E-state index contributed by atoms with van der Waals surface area (Å²) >= 11 is 0. The van der Waals surface area contributed by atoms with Gasteiger partial charge in [0.2, 0.25) is 5.91 Å². The number of rotatable bonds is 2. The Morgan fingerprint density at radius 2 is 1.65 bits per heavy atom. The summed E-state index contributed by atoms with van der Waals surface area (Å²) in [5.41, 5.74) is 0.254. The quantitative estimate of drug-likeness (QED) is 0.817. The molecule has 118 valence electrons. The van der Waals surface area contributed by atoms with Gasteiger partial charge in [0, 0.05) is 30.6 Å². The van der Waals surface area contributed by atoms with Crippen molar-refractivity contribution in [3.63, 3.8) is 0 Å². The van der Waals surface area contributed by atoms with Gasteiger partial charge in [-0.05, 0) is 59.5 Å². The van der Waals surface area contributed by atoms with Crippen LogP contribution in [0.5, 0.6) is 0 Å². The zero-order chi connectivity index (χ0) is 13.9. The first-order valence-electron chi connectivity index (χ1n) is 7.73. The average molecular weight is 304 g/mol. The Morgan fingerprint density at radius 1 is 1.10 bits per heavy atom. The van der Waals surface area contributed by atoms with Crippen molar-refractivity contribution in [2.75, 3.05) is 26.2 Å². The lowest BCUT2D eigenvalue weighted by Crippen LogP contribution is -2.52. The lowest BCUT2D eigenvalue weighted by Gasteiger charge is -2.41. The van der Waals surface area contributed by atoms with Crippen molar-refractivity contribution in [3.05, 3.63) is 0 Å². The lowest BCUT2D eigenvalue weighted by atomic mass is 9.94. The summed E-state index contributed by atoms with van der Waals surface area (Å²) in [5.74, 6) is 0.526. The second-order valence-electron chi connectivity index (χ2n) is 6.97. The van der Waals surface area contributed by atoms with Crippen LogP contribution < -0.4 is 10.6 Å². The fourth-order valence-corrected chi connectivity index (χ4v) is 3.10. The minimum absolute atomic E-state index is 0. The van der Waals surface area contributed by atoms with E-state index in [0.29, 0.717) is 6.04 Å². The van der Waals surface area contributed by atoms with Gasteiger partial charge in [-0.25, -0.2) is 0 Å². The summed E-state index contributed by atoms with van der Waals surface area (Å²) in [6.45, 7) is 11.0. The van der Waals surface area contributed by atoms with Gasteiger partial charge in [-0.3, -0.25) is 9.69 Å². The summed E-state index contributed by atoms with van der Waals surface area (Å²) in [6.07, 6.45) is 4.17. The molecular formula is C15H30ClN3O. The van der Waals surface area contributed by atoms with E-state index in [9.17, 15) is 4.79 Å². The van der Waals surface area contributed by atoms with E-state index in [0.717, 1.165) is 51.9 Å². The van der Waals surface area contributed by atoms with E-state index < -0.39 is 0 Å². The van der Waals surface area contributed by atoms with Gasteiger partial charge in [-0.1, -0.05) is 0 Å². The Morgan fingerprint density at radius 3 is 2.15 bits per heavy atom. The fraction of sp³-hybridized carbons (Fsp3) is 0.933. The number of carbonyl (C=O) groups excluding carboxylic acids is 1. The van der Waals surface area contributed by atoms with E-state index in [-0.39, 0.29) is 29.8 Å². The molecule has 0 bridgehead atoms. The van der Waals surface area contributed by atoms with Crippen LogP contribution in [0.15, 0.2) is 0 Å². The van der Waals surface area contributed by atoms with Crippen LogP contribution in [0.2, 0.25) is 0 Å². The van der Waals surface area contributed by atoms with Crippen LogP contribution >= 0.6 is 12.4 Å². The molecule has 0 aromatic carbocycles. The second kappa shape index (κ2) is 7.62. The van der Waals surface area contributed by atoms with Crippen molar-refractivity contribution in [2.24, 2.45) is 5.92 Å². The maximum Gasteiger partial charge on any atom is 0.223 e. The third-order valence-electron chi connectivity index (χ3n) is 4.50. The molecule has 2 rings (SSSR count). The van der Waals surface area contributed by atoms with E-state index >= 15 is 0 Å². The molecule has 2 aliphatic rings. The number of piperidine rings is 2. The second-order valence-corrected chi connectivity index (χ2v) is 6.97. The smallest absolute Gasteiger partial charge is 0.223 e. The molecule has 0 aliphatic carbocycles. The molecule has 0 aromatic rings. The van der Waals surface area contributed by atoms with Crippen LogP contribution in [0.4, 0.5) is 0 Å². The summed E-state index contributed by atoms with van der Waals surface area (Å²) < 4.78 is 0. The van der Waals surface area contributed by atoms with E-state index in [2.05, 4.69) is 36.3 Å².